The SMILES string of the molecule is c1ccc(-n2c3ccccc3c3c4c5c6c7ccncc7c7nccn7c6ccc5n(-c5ccccc5)c4ccc32)cc1. The first-order chi connectivity index (χ1) is 21.4. The maximum atomic E-state index is 4.73. The second-order valence-electron chi connectivity index (χ2n) is 11.1. The summed E-state index contributed by atoms with van der Waals surface area (Å²) in [5.74, 6) is 0. The molecule has 0 bridgehead atoms. The van der Waals surface area contributed by atoms with Crippen molar-refractivity contribution in [3.8, 4) is 11.4 Å². The number of aromatic nitrogens is 5. The fourth-order valence-electron chi connectivity index (χ4n) is 7.31. The van der Waals surface area contributed by atoms with E-state index in [0.29, 0.717) is 0 Å². The minimum Gasteiger partial charge on any atom is -0.309 e. The zero-order valence-corrected chi connectivity index (χ0v) is 23.0. The number of para-hydroxylation sites is 3. The van der Waals surface area contributed by atoms with Crippen LogP contribution in [0.5, 0.6) is 0 Å². The summed E-state index contributed by atoms with van der Waals surface area (Å²) in [6, 6.07) is 41.4. The number of fused-ring (bicyclic) bond motifs is 14. The first-order valence-corrected chi connectivity index (χ1v) is 14.5. The molecule has 5 heteroatoms. The molecule has 0 saturated carbocycles. The summed E-state index contributed by atoms with van der Waals surface area (Å²) in [5.41, 5.74) is 9.11. The molecule has 0 N–H and O–H groups in total. The Bertz CT molecular complexity index is 2710. The molecule has 0 saturated heterocycles. The van der Waals surface area contributed by atoms with Gasteiger partial charge in [0.25, 0.3) is 0 Å². The summed E-state index contributed by atoms with van der Waals surface area (Å²) in [7, 11) is 0. The van der Waals surface area contributed by atoms with Crippen LogP contribution in [-0.2, 0) is 0 Å². The van der Waals surface area contributed by atoms with Crippen LogP contribution in [0.1, 0.15) is 0 Å². The maximum Gasteiger partial charge on any atom is 0.146 e. The van der Waals surface area contributed by atoms with Gasteiger partial charge in [0, 0.05) is 68.5 Å². The Balaban J connectivity index is 1.55. The molecule has 43 heavy (non-hydrogen) atoms. The molecule has 10 rings (SSSR count). The van der Waals surface area contributed by atoms with Crippen molar-refractivity contribution in [2.75, 3.05) is 0 Å². The highest BCUT2D eigenvalue weighted by atomic mass is 15.0. The van der Waals surface area contributed by atoms with Gasteiger partial charge in [0.15, 0.2) is 0 Å². The van der Waals surface area contributed by atoms with Crippen LogP contribution in [0.3, 0.4) is 0 Å². The standard InChI is InChI=1S/C38H23N5/c1-3-9-24(10-4-1)42-29-14-8-7-13-27(29)35-31(42)17-18-33-37(35)36-32(43(33)25-11-5-2-6-12-25)16-15-30-34(36)26-19-20-39-23-28(26)38-40-21-22-41(30)38/h1-23H. The van der Waals surface area contributed by atoms with Gasteiger partial charge in [0.1, 0.15) is 5.65 Å². The van der Waals surface area contributed by atoms with E-state index in [0.717, 1.165) is 33.3 Å². The molecule has 5 heterocycles. The van der Waals surface area contributed by atoms with Gasteiger partial charge in [-0.05, 0) is 66.0 Å². The topological polar surface area (TPSA) is 40.1 Å². The van der Waals surface area contributed by atoms with E-state index in [1.165, 1.54) is 49.0 Å². The number of pyridine rings is 2. The fourth-order valence-corrected chi connectivity index (χ4v) is 7.31. The van der Waals surface area contributed by atoms with E-state index in [1.54, 1.807) is 0 Å². The number of hydrogen-bond donors (Lipinski definition) is 0. The lowest BCUT2D eigenvalue weighted by atomic mass is 9.99. The molecular formula is C38H23N5. The number of imidazole rings is 1. The summed E-state index contributed by atoms with van der Waals surface area (Å²) in [6.45, 7) is 0. The number of rotatable bonds is 2. The van der Waals surface area contributed by atoms with Crippen molar-refractivity contribution in [1.82, 2.24) is 23.5 Å². The zero-order chi connectivity index (χ0) is 28.1. The number of hydrogen-bond acceptors (Lipinski definition) is 2. The van der Waals surface area contributed by atoms with Crippen LogP contribution in [0.2, 0.25) is 0 Å². The highest BCUT2D eigenvalue weighted by Crippen LogP contribution is 2.46. The Morgan fingerprint density at radius 1 is 0.419 bits per heavy atom. The molecule has 0 aliphatic carbocycles. The summed E-state index contributed by atoms with van der Waals surface area (Å²) in [5, 5.41) is 8.42. The van der Waals surface area contributed by atoms with Crippen molar-refractivity contribution in [1.29, 1.82) is 0 Å². The molecule has 0 spiro atoms. The first kappa shape index (κ1) is 22.7. The highest BCUT2D eigenvalue weighted by Gasteiger charge is 2.23. The van der Waals surface area contributed by atoms with E-state index in [-0.39, 0.29) is 0 Å². The van der Waals surface area contributed by atoms with Crippen LogP contribution in [0.4, 0.5) is 0 Å². The van der Waals surface area contributed by atoms with Crippen molar-refractivity contribution in [3.63, 3.8) is 0 Å². The van der Waals surface area contributed by atoms with Crippen molar-refractivity contribution >= 4 is 70.9 Å². The van der Waals surface area contributed by atoms with E-state index in [2.05, 4.69) is 140 Å². The lowest BCUT2D eigenvalue weighted by Crippen LogP contribution is -1.95. The summed E-state index contributed by atoms with van der Waals surface area (Å²) < 4.78 is 7.03. The molecule has 0 radical (unpaired) electrons. The third kappa shape index (κ3) is 2.90. The quantitative estimate of drug-likeness (QED) is 0.202. The largest absolute Gasteiger partial charge is 0.309 e. The molecule has 0 amide bonds. The summed E-state index contributed by atoms with van der Waals surface area (Å²) in [6.07, 6.45) is 7.78. The van der Waals surface area contributed by atoms with Crippen LogP contribution in [0.15, 0.2) is 140 Å². The average molecular weight is 550 g/mol. The highest BCUT2D eigenvalue weighted by molar-refractivity contribution is 6.36. The van der Waals surface area contributed by atoms with Crippen LogP contribution >= 0.6 is 0 Å². The Hall–Kier alpha value is -5.94. The Labute approximate surface area is 245 Å². The molecule has 0 aliphatic rings. The van der Waals surface area contributed by atoms with Gasteiger partial charge >= 0.3 is 0 Å². The normalized spacial score (nSPS) is 12.2. The van der Waals surface area contributed by atoms with Gasteiger partial charge < -0.3 is 9.13 Å². The third-order valence-electron chi connectivity index (χ3n) is 8.97. The van der Waals surface area contributed by atoms with Crippen molar-refractivity contribution in [2.45, 2.75) is 0 Å². The van der Waals surface area contributed by atoms with Gasteiger partial charge in [0.2, 0.25) is 0 Å². The van der Waals surface area contributed by atoms with E-state index in [4.69, 9.17) is 4.98 Å². The fraction of sp³-hybridized carbons (Fsp3) is 0. The smallest absolute Gasteiger partial charge is 0.146 e. The van der Waals surface area contributed by atoms with E-state index in [1.807, 2.05) is 18.6 Å². The molecule has 5 nitrogen and oxygen atoms in total. The van der Waals surface area contributed by atoms with Crippen LogP contribution in [-0.4, -0.2) is 23.5 Å². The van der Waals surface area contributed by atoms with Crippen molar-refractivity contribution in [3.05, 3.63) is 140 Å². The minimum absolute atomic E-state index is 0.924. The molecule has 0 fully saturated rings. The van der Waals surface area contributed by atoms with Gasteiger partial charge in [-0.2, -0.15) is 0 Å². The Kier molecular flexibility index (Phi) is 4.39. The Morgan fingerprint density at radius 2 is 1.00 bits per heavy atom. The lowest BCUT2D eigenvalue weighted by Gasteiger charge is -2.11. The molecular weight excluding hydrogens is 526 g/mol. The second kappa shape index (κ2) is 8.30. The van der Waals surface area contributed by atoms with Crippen LogP contribution < -0.4 is 0 Å². The third-order valence-corrected chi connectivity index (χ3v) is 8.97. The molecule has 10 aromatic rings. The van der Waals surface area contributed by atoms with E-state index in [9.17, 15) is 0 Å². The van der Waals surface area contributed by atoms with Crippen molar-refractivity contribution < 1.29 is 0 Å². The summed E-state index contributed by atoms with van der Waals surface area (Å²) >= 11 is 0. The molecule has 0 aliphatic heterocycles. The molecule has 5 aromatic heterocycles. The van der Waals surface area contributed by atoms with Crippen LogP contribution in [0.25, 0.3) is 82.3 Å². The molecule has 0 unspecified atom stereocenters. The van der Waals surface area contributed by atoms with Gasteiger partial charge in [-0.15, -0.1) is 0 Å². The second-order valence-corrected chi connectivity index (χ2v) is 11.1. The van der Waals surface area contributed by atoms with E-state index >= 15 is 0 Å². The monoisotopic (exact) mass is 549 g/mol. The van der Waals surface area contributed by atoms with Crippen LogP contribution in [0, 0.1) is 0 Å². The molecule has 0 atom stereocenters. The molecule has 200 valence electrons. The maximum absolute atomic E-state index is 4.73. The average Bonchev–Trinajstić information content (AvgIpc) is 3.78. The van der Waals surface area contributed by atoms with Gasteiger partial charge in [-0.3, -0.25) is 9.38 Å². The number of nitrogens with zero attached hydrogens (tertiary/aromatic N) is 5. The lowest BCUT2D eigenvalue weighted by molar-refractivity contribution is 1.17. The van der Waals surface area contributed by atoms with Gasteiger partial charge in [0.05, 0.1) is 27.6 Å². The van der Waals surface area contributed by atoms with Gasteiger partial charge in [-0.25, -0.2) is 4.98 Å². The predicted octanol–water partition coefficient (Wildman–Crippen LogP) is 9.23. The molecule has 5 aromatic carbocycles. The number of benzene rings is 5. The van der Waals surface area contributed by atoms with Gasteiger partial charge in [-0.1, -0.05) is 54.6 Å². The van der Waals surface area contributed by atoms with E-state index < -0.39 is 0 Å². The van der Waals surface area contributed by atoms with Crippen molar-refractivity contribution in [2.24, 2.45) is 0 Å². The minimum atomic E-state index is 0.924. The predicted molar refractivity (Wildman–Crippen MR) is 177 cm³/mol. The summed E-state index contributed by atoms with van der Waals surface area (Å²) in [4.78, 5) is 9.24. The first-order valence-electron chi connectivity index (χ1n) is 14.5. The Morgan fingerprint density at radius 3 is 1.72 bits per heavy atom. The zero-order valence-electron chi connectivity index (χ0n) is 23.0.